The van der Waals surface area contributed by atoms with Crippen molar-refractivity contribution < 1.29 is 0 Å². The first-order valence-corrected chi connectivity index (χ1v) is 3.32. The summed E-state index contributed by atoms with van der Waals surface area (Å²) in [4.78, 5) is 0. The highest BCUT2D eigenvalue weighted by atomic mass is 79.9. The van der Waals surface area contributed by atoms with Crippen LogP contribution in [0.2, 0.25) is 0 Å². The van der Waals surface area contributed by atoms with Crippen molar-refractivity contribution in [3.05, 3.63) is 9.47 Å². The van der Waals surface area contributed by atoms with Crippen molar-refractivity contribution in [1.82, 2.24) is 14.9 Å². The van der Waals surface area contributed by atoms with Crippen LogP contribution in [0.25, 0.3) is 0 Å². The molecule has 0 unspecified atom stereocenters. The minimum Gasteiger partial charge on any atom is -0.335 e. The smallest absolute Gasteiger partial charge is 0.219 e. The van der Waals surface area contributed by atoms with E-state index in [0.29, 0.717) is 9.47 Å². The lowest BCUT2D eigenvalue weighted by atomic mass is 11.3. The molecule has 0 aliphatic carbocycles. The molecule has 8 heavy (non-hydrogen) atoms. The molecule has 2 N–H and O–H groups in total. The standard InChI is InChI=1S/C2H2Br2N4/c3-1-6-7-2(4)8(1)5/h5H2. The van der Waals surface area contributed by atoms with E-state index in [9.17, 15) is 0 Å². The van der Waals surface area contributed by atoms with Crippen LogP contribution in [0.3, 0.4) is 0 Å². The normalized spacial score (nSPS) is 9.75. The molecule has 0 fully saturated rings. The zero-order valence-electron chi connectivity index (χ0n) is 3.67. The van der Waals surface area contributed by atoms with Crippen molar-refractivity contribution in [1.29, 1.82) is 0 Å². The monoisotopic (exact) mass is 240 g/mol. The molecule has 0 spiro atoms. The Morgan fingerprint density at radius 1 is 1.25 bits per heavy atom. The van der Waals surface area contributed by atoms with Gasteiger partial charge in [0.1, 0.15) is 0 Å². The van der Waals surface area contributed by atoms with Crippen LogP contribution < -0.4 is 5.84 Å². The molecule has 1 aromatic rings. The molecule has 1 aromatic heterocycles. The zero-order valence-corrected chi connectivity index (χ0v) is 6.85. The Kier molecular flexibility index (Phi) is 1.52. The molecule has 0 atom stereocenters. The van der Waals surface area contributed by atoms with Gasteiger partial charge in [-0.15, -0.1) is 10.2 Å². The highest BCUT2D eigenvalue weighted by Gasteiger charge is 1.99. The van der Waals surface area contributed by atoms with Gasteiger partial charge in [0.05, 0.1) is 0 Å². The second kappa shape index (κ2) is 2.02. The first kappa shape index (κ1) is 6.03. The van der Waals surface area contributed by atoms with E-state index in [1.54, 1.807) is 0 Å². The molecule has 0 aliphatic heterocycles. The lowest BCUT2D eigenvalue weighted by Gasteiger charge is -1.88. The highest BCUT2D eigenvalue weighted by Crippen LogP contribution is 2.08. The summed E-state index contributed by atoms with van der Waals surface area (Å²) in [7, 11) is 0. The molecule has 0 saturated heterocycles. The van der Waals surface area contributed by atoms with Gasteiger partial charge in [-0.2, -0.15) is 0 Å². The molecule has 0 saturated carbocycles. The van der Waals surface area contributed by atoms with Crippen molar-refractivity contribution in [3.63, 3.8) is 0 Å². The Morgan fingerprint density at radius 2 is 1.62 bits per heavy atom. The Labute approximate surface area is 62.3 Å². The quantitative estimate of drug-likeness (QED) is 0.674. The van der Waals surface area contributed by atoms with Crippen LogP contribution in [0.15, 0.2) is 9.47 Å². The van der Waals surface area contributed by atoms with E-state index in [2.05, 4.69) is 42.1 Å². The second-order valence-corrected chi connectivity index (χ2v) is 2.53. The van der Waals surface area contributed by atoms with E-state index in [4.69, 9.17) is 5.84 Å². The van der Waals surface area contributed by atoms with Crippen molar-refractivity contribution in [3.8, 4) is 0 Å². The van der Waals surface area contributed by atoms with Crippen molar-refractivity contribution in [2.75, 3.05) is 5.84 Å². The molecular formula is C2H2Br2N4. The number of nitrogens with two attached hydrogens (primary N) is 1. The third-order valence-electron chi connectivity index (χ3n) is 0.613. The van der Waals surface area contributed by atoms with Gasteiger partial charge in [-0.25, -0.2) is 4.68 Å². The lowest BCUT2D eigenvalue weighted by Crippen LogP contribution is -2.07. The fourth-order valence-corrected chi connectivity index (χ4v) is 0.987. The maximum Gasteiger partial charge on any atom is 0.219 e. The lowest BCUT2D eigenvalue weighted by molar-refractivity contribution is 0.935. The minimum atomic E-state index is 0.504. The van der Waals surface area contributed by atoms with Crippen LogP contribution in [-0.2, 0) is 0 Å². The fourth-order valence-electron chi connectivity index (χ4n) is 0.255. The van der Waals surface area contributed by atoms with Crippen molar-refractivity contribution >= 4 is 31.9 Å². The van der Waals surface area contributed by atoms with Gasteiger partial charge in [-0.05, 0) is 31.9 Å². The van der Waals surface area contributed by atoms with E-state index in [1.807, 2.05) is 0 Å². The van der Waals surface area contributed by atoms with Crippen molar-refractivity contribution in [2.24, 2.45) is 0 Å². The van der Waals surface area contributed by atoms with Gasteiger partial charge in [-0.1, -0.05) is 0 Å². The van der Waals surface area contributed by atoms with E-state index in [-0.39, 0.29) is 0 Å². The largest absolute Gasteiger partial charge is 0.335 e. The summed E-state index contributed by atoms with van der Waals surface area (Å²) in [5.41, 5.74) is 0. The molecule has 44 valence electrons. The molecule has 1 rings (SSSR count). The average molecular weight is 242 g/mol. The first-order valence-electron chi connectivity index (χ1n) is 1.73. The SMILES string of the molecule is Nn1c(Br)nnc1Br. The van der Waals surface area contributed by atoms with Crippen LogP contribution in [0.4, 0.5) is 0 Å². The average Bonchev–Trinajstić information content (AvgIpc) is 1.98. The molecule has 0 amide bonds. The molecule has 0 aromatic carbocycles. The Hall–Kier alpha value is -0.100. The van der Waals surface area contributed by atoms with Gasteiger partial charge in [-0.3, -0.25) is 0 Å². The van der Waals surface area contributed by atoms with Crippen LogP contribution >= 0.6 is 31.9 Å². The number of halogens is 2. The van der Waals surface area contributed by atoms with E-state index >= 15 is 0 Å². The van der Waals surface area contributed by atoms with Gasteiger partial charge in [0.2, 0.25) is 9.47 Å². The molecule has 1 heterocycles. The highest BCUT2D eigenvalue weighted by molar-refractivity contribution is 9.11. The van der Waals surface area contributed by atoms with Crippen LogP contribution in [0, 0.1) is 0 Å². The molecule has 6 heteroatoms. The summed E-state index contributed by atoms with van der Waals surface area (Å²) < 4.78 is 2.29. The molecule has 0 bridgehead atoms. The number of hydrogen-bond donors (Lipinski definition) is 1. The number of aromatic nitrogens is 3. The van der Waals surface area contributed by atoms with Gasteiger partial charge in [0, 0.05) is 0 Å². The summed E-state index contributed by atoms with van der Waals surface area (Å²) in [6, 6.07) is 0. The summed E-state index contributed by atoms with van der Waals surface area (Å²) in [6.07, 6.45) is 0. The number of rotatable bonds is 0. The predicted molar refractivity (Wildman–Crippen MR) is 35.6 cm³/mol. The minimum absolute atomic E-state index is 0.504. The number of nitrogens with zero attached hydrogens (tertiary/aromatic N) is 3. The number of nitrogen functional groups attached to an aromatic ring is 1. The number of hydrogen-bond acceptors (Lipinski definition) is 3. The molecule has 4 nitrogen and oxygen atoms in total. The fraction of sp³-hybridized carbons (Fsp3) is 0. The summed E-state index contributed by atoms with van der Waals surface area (Å²) in [5, 5.41) is 7.15. The third kappa shape index (κ3) is 0.851. The molecule has 0 radical (unpaired) electrons. The van der Waals surface area contributed by atoms with Gasteiger partial charge in [0.25, 0.3) is 0 Å². The van der Waals surface area contributed by atoms with E-state index in [0.717, 1.165) is 0 Å². The summed E-state index contributed by atoms with van der Waals surface area (Å²) in [6.45, 7) is 0. The Bertz CT molecular complexity index is 174. The van der Waals surface area contributed by atoms with Gasteiger partial charge < -0.3 is 5.84 Å². The van der Waals surface area contributed by atoms with Crippen LogP contribution in [0.5, 0.6) is 0 Å². The van der Waals surface area contributed by atoms with Gasteiger partial charge >= 0.3 is 0 Å². The predicted octanol–water partition coefficient (Wildman–Crippen LogP) is 0.517. The van der Waals surface area contributed by atoms with Crippen molar-refractivity contribution in [2.45, 2.75) is 0 Å². The first-order chi connectivity index (χ1) is 3.72. The van der Waals surface area contributed by atoms with Crippen LogP contribution in [-0.4, -0.2) is 14.9 Å². The molecule has 0 aliphatic rings. The van der Waals surface area contributed by atoms with E-state index < -0.39 is 0 Å². The van der Waals surface area contributed by atoms with E-state index in [1.165, 1.54) is 4.68 Å². The third-order valence-corrected chi connectivity index (χ3v) is 1.69. The summed E-state index contributed by atoms with van der Waals surface area (Å²) >= 11 is 6.10. The summed E-state index contributed by atoms with van der Waals surface area (Å²) in [5.74, 6) is 5.30. The maximum absolute atomic E-state index is 5.30. The van der Waals surface area contributed by atoms with Gasteiger partial charge in [0.15, 0.2) is 0 Å². The Balaban J connectivity index is 3.19. The topological polar surface area (TPSA) is 56.7 Å². The Morgan fingerprint density at radius 3 is 1.75 bits per heavy atom. The zero-order chi connectivity index (χ0) is 6.15. The maximum atomic E-state index is 5.30. The molecular weight excluding hydrogens is 240 g/mol. The second-order valence-electron chi connectivity index (χ2n) is 1.11. The van der Waals surface area contributed by atoms with Crippen LogP contribution in [0.1, 0.15) is 0 Å².